The first-order chi connectivity index (χ1) is 20.0. The molecule has 3 heterocycles. The van der Waals surface area contributed by atoms with Crippen LogP contribution < -0.4 is 16.0 Å². The van der Waals surface area contributed by atoms with E-state index in [4.69, 9.17) is 4.74 Å². The molecule has 0 unspecified atom stereocenters. The second kappa shape index (κ2) is 13.8. The maximum atomic E-state index is 13.1. The number of benzene rings is 2. The molecule has 0 atom stereocenters. The van der Waals surface area contributed by atoms with Gasteiger partial charge in [0.1, 0.15) is 4.88 Å². The van der Waals surface area contributed by atoms with Gasteiger partial charge in [0.2, 0.25) is 0 Å². The quantitative estimate of drug-likeness (QED) is 0.103. The van der Waals surface area contributed by atoms with Crippen molar-refractivity contribution in [2.24, 2.45) is 4.99 Å². The van der Waals surface area contributed by atoms with Crippen LogP contribution in [0.15, 0.2) is 77.2 Å². The molecule has 12 heteroatoms. The van der Waals surface area contributed by atoms with Crippen molar-refractivity contribution in [3.05, 3.63) is 92.8 Å². The molecule has 1 amide bonds. The van der Waals surface area contributed by atoms with Gasteiger partial charge in [0.15, 0.2) is 5.84 Å². The highest BCUT2D eigenvalue weighted by molar-refractivity contribution is 7.12. The number of hydrogen-bond donors (Lipinski definition) is 3. The van der Waals surface area contributed by atoms with Crippen LogP contribution in [-0.2, 0) is 11.3 Å². The summed E-state index contributed by atoms with van der Waals surface area (Å²) in [6.07, 6.45) is 1.79. The summed E-state index contributed by atoms with van der Waals surface area (Å²) in [4.78, 5) is 35.5. The van der Waals surface area contributed by atoms with Crippen molar-refractivity contribution in [3.8, 4) is 0 Å². The standard InChI is InChI=1S/C29H31N7O4S/c37-29(28-26(10-18-41-28)32-19-21-9-11-30-25-4-2-1-3-24(21)25)34-23-7-5-22(6-8-23)33-27(20-36(38)39)31-12-13-35-14-16-40-17-15-35/h1-11,18,32H,12-17,19-20H2,(H,31,33)(H,34,37). The maximum absolute atomic E-state index is 13.1. The third-order valence-corrected chi connectivity index (χ3v) is 7.53. The van der Waals surface area contributed by atoms with Crippen LogP contribution in [0.25, 0.3) is 10.9 Å². The number of amides is 1. The molecular weight excluding hydrogens is 542 g/mol. The number of nitro groups is 1. The molecule has 2 aromatic heterocycles. The minimum Gasteiger partial charge on any atom is -0.380 e. The zero-order chi connectivity index (χ0) is 28.4. The van der Waals surface area contributed by atoms with Gasteiger partial charge >= 0.3 is 0 Å². The number of para-hydroxylation sites is 1. The molecule has 1 aliphatic heterocycles. The van der Waals surface area contributed by atoms with Crippen LogP contribution in [0, 0.1) is 10.1 Å². The van der Waals surface area contributed by atoms with E-state index in [1.165, 1.54) is 11.3 Å². The Hall–Kier alpha value is -4.39. The fraction of sp³-hybridized carbons (Fsp3) is 0.276. The Morgan fingerprint density at radius 2 is 1.80 bits per heavy atom. The Kier molecular flexibility index (Phi) is 9.47. The van der Waals surface area contributed by atoms with Gasteiger partial charge in [-0.2, -0.15) is 0 Å². The molecule has 41 heavy (non-hydrogen) atoms. The number of nitrogens with zero attached hydrogens (tertiary/aromatic N) is 4. The molecule has 2 aromatic carbocycles. The van der Waals surface area contributed by atoms with Crippen molar-refractivity contribution in [2.45, 2.75) is 6.54 Å². The first-order valence-electron chi connectivity index (χ1n) is 13.3. The van der Waals surface area contributed by atoms with E-state index in [0.717, 1.165) is 41.8 Å². The SMILES string of the molecule is O=C(Nc1ccc(NC(C[N+](=O)[O-])=NCCN2CCOCC2)cc1)c1sccc1NCc1ccnc2ccccc12. The minimum atomic E-state index is -0.404. The van der Waals surface area contributed by atoms with E-state index in [2.05, 4.69) is 30.8 Å². The molecule has 4 aromatic rings. The largest absolute Gasteiger partial charge is 0.380 e. The predicted molar refractivity (Wildman–Crippen MR) is 163 cm³/mol. The van der Waals surface area contributed by atoms with E-state index in [9.17, 15) is 14.9 Å². The summed E-state index contributed by atoms with van der Waals surface area (Å²) >= 11 is 1.36. The lowest BCUT2D eigenvalue weighted by molar-refractivity contribution is -0.463. The van der Waals surface area contributed by atoms with Crippen molar-refractivity contribution in [1.29, 1.82) is 0 Å². The number of anilines is 3. The van der Waals surface area contributed by atoms with Crippen LogP contribution in [0.4, 0.5) is 17.1 Å². The highest BCUT2D eigenvalue weighted by Gasteiger charge is 2.15. The number of hydrogen-bond acceptors (Lipinski definition) is 9. The highest BCUT2D eigenvalue weighted by atomic mass is 32.1. The smallest absolute Gasteiger partial charge is 0.267 e. The Labute approximate surface area is 241 Å². The second-order valence-corrected chi connectivity index (χ2v) is 10.4. The first-order valence-corrected chi connectivity index (χ1v) is 14.2. The van der Waals surface area contributed by atoms with Crippen LogP contribution >= 0.6 is 11.3 Å². The second-order valence-electron chi connectivity index (χ2n) is 9.43. The number of amidine groups is 1. The topological polar surface area (TPSA) is 134 Å². The highest BCUT2D eigenvalue weighted by Crippen LogP contribution is 2.26. The minimum absolute atomic E-state index is 0.221. The van der Waals surface area contributed by atoms with Gasteiger partial charge in [-0.05, 0) is 53.4 Å². The van der Waals surface area contributed by atoms with Crippen molar-refractivity contribution >= 4 is 51.0 Å². The maximum Gasteiger partial charge on any atom is 0.267 e. The Morgan fingerprint density at radius 1 is 1.05 bits per heavy atom. The summed E-state index contributed by atoms with van der Waals surface area (Å²) in [7, 11) is 0. The van der Waals surface area contributed by atoms with Gasteiger partial charge in [-0.15, -0.1) is 11.3 Å². The average molecular weight is 574 g/mol. The van der Waals surface area contributed by atoms with Gasteiger partial charge in [-0.3, -0.25) is 29.8 Å². The molecule has 1 aliphatic rings. The van der Waals surface area contributed by atoms with Gasteiger partial charge in [0, 0.05) is 54.1 Å². The number of nitrogens with one attached hydrogen (secondary N) is 3. The Morgan fingerprint density at radius 3 is 2.59 bits per heavy atom. The zero-order valence-electron chi connectivity index (χ0n) is 22.4. The van der Waals surface area contributed by atoms with Crippen LogP contribution in [0.5, 0.6) is 0 Å². The number of morpholine rings is 1. The molecule has 11 nitrogen and oxygen atoms in total. The third-order valence-electron chi connectivity index (χ3n) is 6.61. The summed E-state index contributed by atoms with van der Waals surface area (Å²) in [5, 5.41) is 23.5. The zero-order valence-corrected chi connectivity index (χ0v) is 23.2. The summed E-state index contributed by atoms with van der Waals surface area (Å²) < 4.78 is 5.35. The number of thiophene rings is 1. The van der Waals surface area contributed by atoms with Crippen molar-refractivity contribution in [1.82, 2.24) is 9.88 Å². The van der Waals surface area contributed by atoms with Crippen molar-refractivity contribution in [3.63, 3.8) is 0 Å². The molecule has 0 aliphatic carbocycles. The number of carbonyl (C=O) groups is 1. The van der Waals surface area contributed by atoms with Gasteiger partial charge in [0.05, 0.1) is 31.0 Å². The van der Waals surface area contributed by atoms with E-state index in [0.29, 0.717) is 42.6 Å². The summed E-state index contributed by atoms with van der Waals surface area (Å²) in [6, 6.07) is 18.9. The first kappa shape index (κ1) is 28.1. The van der Waals surface area contributed by atoms with Crippen LogP contribution in [-0.4, -0.2) is 72.5 Å². The lowest BCUT2D eigenvalue weighted by Gasteiger charge is -2.25. The molecule has 5 rings (SSSR count). The number of ether oxygens (including phenoxy) is 1. The van der Waals surface area contributed by atoms with Gasteiger partial charge in [-0.1, -0.05) is 18.2 Å². The van der Waals surface area contributed by atoms with Gasteiger partial charge in [0.25, 0.3) is 12.5 Å². The monoisotopic (exact) mass is 573 g/mol. The third kappa shape index (κ3) is 7.84. The molecule has 0 bridgehead atoms. The summed E-state index contributed by atoms with van der Waals surface area (Å²) in [5.41, 5.74) is 4.04. The van der Waals surface area contributed by atoms with Crippen molar-refractivity contribution in [2.75, 3.05) is 61.9 Å². The van der Waals surface area contributed by atoms with Crippen LogP contribution in [0.1, 0.15) is 15.2 Å². The number of pyridine rings is 1. The fourth-order valence-electron chi connectivity index (χ4n) is 4.52. The number of rotatable bonds is 11. The number of aliphatic imine (C=N–C) groups is 1. The molecule has 1 saturated heterocycles. The molecule has 0 saturated carbocycles. The molecule has 212 valence electrons. The summed E-state index contributed by atoms with van der Waals surface area (Å²) in [5.74, 6) is 0.0674. The average Bonchev–Trinajstić information content (AvgIpc) is 3.46. The predicted octanol–water partition coefficient (Wildman–Crippen LogP) is 4.58. The van der Waals surface area contributed by atoms with E-state index in [-0.39, 0.29) is 11.7 Å². The molecule has 3 N–H and O–H groups in total. The fourth-order valence-corrected chi connectivity index (χ4v) is 5.28. The number of fused-ring (bicyclic) bond motifs is 1. The van der Waals surface area contributed by atoms with E-state index >= 15 is 0 Å². The summed E-state index contributed by atoms with van der Waals surface area (Å²) in [6.45, 7) is 4.40. The lowest BCUT2D eigenvalue weighted by Crippen LogP contribution is -2.38. The Balaban J connectivity index is 1.17. The van der Waals surface area contributed by atoms with E-state index in [1.807, 2.05) is 41.8 Å². The molecule has 0 spiro atoms. The lowest BCUT2D eigenvalue weighted by atomic mass is 10.1. The Bertz CT molecular complexity index is 1510. The van der Waals surface area contributed by atoms with Gasteiger partial charge < -0.3 is 20.7 Å². The normalized spacial score (nSPS) is 14.1. The number of aromatic nitrogens is 1. The molecule has 0 radical (unpaired) electrons. The van der Waals surface area contributed by atoms with Crippen LogP contribution in [0.3, 0.4) is 0 Å². The number of carbonyl (C=O) groups excluding carboxylic acids is 1. The van der Waals surface area contributed by atoms with Crippen LogP contribution in [0.2, 0.25) is 0 Å². The van der Waals surface area contributed by atoms with E-state index in [1.54, 1.807) is 30.5 Å². The molecular formula is C29H31N7O4S. The van der Waals surface area contributed by atoms with Gasteiger partial charge in [-0.25, -0.2) is 0 Å². The molecule has 1 fully saturated rings. The van der Waals surface area contributed by atoms with E-state index < -0.39 is 11.5 Å². The van der Waals surface area contributed by atoms with Crippen molar-refractivity contribution < 1.29 is 14.5 Å².